The maximum absolute atomic E-state index is 13.6. The molecule has 0 radical (unpaired) electrons. The molecule has 0 saturated carbocycles. The number of benzene rings is 1. The van der Waals surface area contributed by atoms with Gasteiger partial charge in [0.2, 0.25) is 11.8 Å². The van der Waals surface area contributed by atoms with Crippen molar-refractivity contribution in [3.63, 3.8) is 0 Å². The second-order valence-corrected chi connectivity index (χ2v) is 9.76. The van der Waals surface area contributed by atoms with Crippen LogP contribution in [0.5, 0.6) is 0 Å². The number of carbonyl (C=O) groups is 2. The summed E-state index contributed by atoms with van der Waals surface area (Å²) in [5, 5.41) is 4.06. The zero-order valence-corrected chi connectivity index (χ0v) is 20.2. The van der Waals surface area contributed by atoms with E-state index in [9.17, 15) is 9.59 Å². The highest BCUT2D eigenvalue weighted by atomic mass is 35.5. The Kier molecular flexibility index (Phi) is 7.10. The van der Waals surface area contributed by atoms with Gasteiger partial charge in [0, 0.05) is 54.9 Å². The van der Waals surface area contributed by atoms with Gasteiger partial charge in [0.05, 0.1) is 19.8 Å². The Bertz CT molecular complexity index is 854. The summed E-state index contributed by atoms with van der Waals surface area (Å²) in [5.41, 5.74) is 2.08. The normalized spacial score (nSPS) is 25.6. The second-order valence-electron chi connectivity index (χ2n) is 9.32. The Hall–Kier alpha value is -1.67. The van der Waals surface area contributed by atoms with Crippen LogP contribution in [0.3, 0.4) is 0 Å². The quantitative estimate of drug-likeness (QED) is 0.727. The topological polar surface area (TPSA) is 65.1 Å². The molecule has 0 aliphatic carbocycles. The maximum atomic E-state index is 13.6. The van der Waals surface area contributed by atoms with E-state index in [1.165, 1.54) is 5.56 Å². The Balaban J connectivity index is 1.55. The summed E-state index contributed by atoms with van der Waals surface area (Å²) >= 11 is 6.32. The lowest BCUT2D eigenvalue weighted by Gasteiger charge is -2.41. The molecule has 3 aliphatic heterocycles. The lowest BCUT2D eigenvalue weighted by Crippen LogP contribution is -2.63. The van der Waals surface area contributed by atoms with Crippen molar-refractivity contribution in [3.05, 3.63) is 28.8 Å². The number of amides is 2. The molecule has 32 heavy (non-hydrogen) atoms. The first-order valence-electron chi connectivity index (χ1n) is 11.8. The van der Waals surface area contributed by atoms with Gasteiger partial charge in [-0.05, 0) is 37.5 Å². The SMILES string of the molecule is CCC1(CC)CN(C(=O)CN2C[C@@H](C)NC[C@@H]2C(=O)N2CCOCC2)c2cc(Cl)ccc21. The van der Waals surface area contributed by atoms with Crippen LogP contribution in [0.25, 0.3) is 0 Å². The Morgan fingerprint density at radius 1 is 1.22 bits per heavy atom. The van der Waals surface area contributed by atoms with Crippen LogP contribution in [-0.4, -0.2) is 86.2 Å². The Morgan fingerprint density at radius 2 is 1.94 bits per heavy atom. The van der Waals surface area contributed by atoms with Crippen LogP contribution >= 0.6 is 11.6 Å². The fourth-order valence-corrected chi connectivity index (χ4v) is 5.55. The fraction of sp³-hybridized carbons (Fsp3) is 0.667. The van der Waals surface area contributed by atoms with Crippen LogP contribution in [0, 0.1) is 0 Å². The number of hydrogen-bond donors (Lipinski definition) is 1. The predicted molar refractivity (Wildman–Crippen MR) is 126 cm³/mol. The molecule has 2 atom stereocenters. The first-order chi connectivity index (χ1) is 15.4. The molecular weight excluding hydrogens is 428 g/mol. The molecule has 8 heteroatoms. The third-order valence-electron chi connectivity index (χ3n) is 7.49. The lowest BCUT2D eigenvalue weighted by atomic mass is 9.78. The summed E-state index contributed by atoms with van der Waals surface area (Å²) in [6, 6.07) is 5.80. The van der Waals surface area contributed by atoms with E-state index in [2.05, 4.69) is 37.1 Å². The van der Waals surface area contributed by atoms with Crippen molar-refractivity contribution in [2.75, 3.05) is 57.4 Å². The third-order valence-corrected chi connectivity index (χ3v) is 7.73. The number of nitrogens with one attached hydrogen (secondary N) is 1. The molecule has 1 aromatic rings. The molecule has 7 nitrogen and oxygen atoms in total. The Labute approximate surface area is 196 Å². The lowest BCUT2D eigenvalue weighted by molar-refractivity contribution is -0.142. The predicted octanol–water partition coefficient (Wildman–Crippen LogP) is 2.27. The van der Waals surface area contributed by atoms with Crippen molar-refractivity contribution in [1.29, 1.82) is 0 Å². The van der Waals surface area contributed by atoms with E-state index in [-0.39, 0.29) is 35.9 Å². The van der Waals surface area contributed by atoms with Crippen LogP contribution in [-0.2, 0) is 19.7 Å². The van der Waals surface area contributed by atoms with Gasteiger partial charge in [-0.3, -0.25) is 14.5 Å². The molecule has 176 valence electrons. The van der Waals surface area contributed by atoms with Gasteiger partial charge >= 0.3 is 0 Å². The molecule has 0 unspecified atom stereocenters. The van der Waals surface area contributed by atoms with E-state index < -0.39 is 0 Å². The molecule has 1 aromatic carbocycles. The zero-order valence-electron chi connectivity index (χ0n) is 19.4. The minimum atomic E-state index is -0.336. The van der Waals surface area contributed by atoms with Crippen molar-refractivity contribution in [2.24, 2.45) is 0 Å². The van der Waals surface area contributed by atoms with Gasteiger partial charge in [-0.15, -0.1) is 0 Å². The van der Waals surface area contributed by atoms with E-state index in [0.29, 0.717) is 51.0 Å². The monoisotopic (exact) mass is 462 g/mol. The minimum Gasteiger partial charge on any atom is -0.378 e. The molecule has 0 aromatic heterocycles. The summed E-state index contributed by atoms with van der Waals surface area (Å²) in [6.45, 7) is 10.9. The van der Waals surface area contributed by atoms with Crippen LogP contribution < -0.4 is 10.2 Å². The van der Waals surface area contributed by atoms with Crippen molar-refractivity contribution in [3.8, 4) is 0 Å². The molecule has 1 N–H and O–H groups in total. The number of hydrogen-bond acceptors (Lipinski definition) is 5. The highest BCUT2D eigenvalue weighted by molar-refractivity contribution is 6.31. The highest BCUT2D eigenvalue weighted by Gasteiger charge is 2.43. The number of fused-ring (bicyclic) bond motifs is 1. The first kappa shape index (κ1) is 23.5. The highest BCUT2D eigenvalue weighted by Crippen LogP contribution is 2.46. The van der Waals surface area contributed by atoms with Gasteiger partial charge < -0.3 is 19.9 Å². The number of piperazine rings is 1. The number of rotatable bonds is 5. The molecule has 3 aliphatic rings. The molecular formula is C24H35ClN4O3. The summed E-state index contributed by atoms with van der Waals surface area (Å²) in [5.74, 6) is 0.119. The molecule has 0 bridgehead atoms. The van der Waals surface area contributed by atoms with Crippen LogP contribution in [0.1, 0.15) is 39.2 Å². The zero-order chi connectivity index (χ0) is 22.9. The van der Waals surface area contributed by atoms with Gasteiger partial charge in [-0.25, -0.2) is 0 Å². The Morgan fingerprint density at radius 3 is 2.62 bits per heavy atom. The van der Waals surface area contributed by atoms with Gasteiger partial charge in [-0.2, -0.15) is 0 Å². The van der Waals surface area contributed by atoms with Gasteiger partial charge in [0.25, 0.3) is 0 Å². The number of halogens is 1. The summed E-state index contributed by atoms with van der Waals surface area (Å²) in [7, 11) is 0. The molecule has 2 amide bonds. The average Bonchev–Trinajstić information content (AvgIpc) is 3.13. The number of morpholine rings is 1. The third kappa shape index (κ3) is 4.40. The van der Waals surface area contributed by atoms with E-state index >= 15 is 0 Å². The average molecular weight is 463 g/mol. The largest absolute Gasteiger partial charge is 0.378 e. The van der Waals surface area contributed by atoms with Crippen LogP contribution in [0.4, 0.5) is 5.69 Å². The van der Waals surface area contributed by atoms with Gasteiger partial charge in [0.15, 0.2) is 0 Å². The molecule has 3 heterocycles. The van der Waals surface area contributed by atoms with E-state index in [1.54, 1.807) is 0 Å². The summed E-state index contributed by atoms with van der Waals surface area (Å²) in [6.07, 6.45) is 1.93. The van der Waals surface area contributed by atoms with Crippen molar-refractivity contribution in [1.82, 2.24) is 15.1 Å². The smallest absolute Gasteiger partial charge is 0.241 e. The standard InChI is InChI=1S/C24H35ClN4O3/c1-4-24(5-2)16-29(20-12-18(25)6-7-19(20)24)22(30)15-28-14-17(3)26-13-21(28)23(31)27-8-10-32-11-9-27/h6-7,12,17,21,26H,4-5,8-11,13-16H2,1-3H3/t17-,21-/m1/s1. The number of carbonyl (C=O) groups excluding carboxylic acids is 2. The second kappa shape index (κ2) is 9.67. The molecule has 2 saturated heterocycles. The van der Waals surface area contributed by atoms with E-state index in [0.717, 1.165) is 18.5 Å². The van der Waals surface area contributed by atoms with Crippen LogP contribution in [0.15, 0.2) is 18.2 Å². The summed E-state index contributed by atoms with van der Waals surface area (Å²) in [4.78, 5) is 32.7. The van der Waals surface area contributed by atoms with Gasteiger partial charge in [0.1, 0.15) is 6.04 Å². The van der Waals surface area contributed by atoms with Crippen molar-refractivity contribution >= 4 is 29.1 Å². The number of ether oxygens (including phenoxy) is 1. The van der Waals surface area contributed by atoms with Crippen molar-refractivity contribution < 1.29 is 14.3 Å². The number of nitrogens with zero attached hydrogens (tertiary/aromatic N) is 3. The van der Waals surface area contributed by atoms with Gasteiger partial charge in [-0.1, -0.05) is 31.5 Å². The van der Waals surface area contributed by atoms with E-state index in [4.69, 9.17) is 16.3 Å². The molecule has 2 fully saturated rings. The minimum absolute atomic E-state index is 0.0335. The maximum Gasteiger partial charge on any atom is 0.241 e. The fourth-order valence-electron chi connectivity index (χ4n) is 5.38. The molecule has 0 spiro atoms. The van der Waals surface area contributed by atoms with Crippen LogP contribution in [0.2, 0.25) is 5.02 Å². The molecule has 4 rings (SSSR count). The summed E-state index contributed by atoms with van der Waals surface area (Å²) < 4.78 is 5.40. The van der Waals surface area contributed by atoms with E-state index in [1.807, 2.05) is 21.9 Å². The van der Waals surface area contributed by atoms with Crippen molar-refractivity contribution in [2.45, 2.75) is 51.1 Å². The number of anilines is 1. The first-order valence-corrected chi connectivity index (χ1v) is 12.2.